The summed E-state index contributed by atoms with van der Waals surface area (Å²) in [5.41, 5.74) is 2.12. The fraction of sp³-hybridized carbons (Fsp3) is 0.450. The van der Waals surface area contributed by atoms with Crippen molar-refractivity contribution in [1.29, 1.82) is 0 Å². The molecular weight excluding hydrogens is 328 g/mol. The highest BCUT2D eigenvalue weighted by atomic mass is 16.5. The second-order valence-electron chi connectivity index (χ2n) is 7.20. The van der Waals surface area contributed by atoms with Crippen LogP contribution in [0.15, 0.2) is 42.9 Å². The minimum atomic E-state index is -0.143. The van der Waals surface area contributed by atoms with Gasteiger partial charge in [0.05, 0.1) is 7.11 Å². The minimum Gasteiger partial charge on any atom is -0.481 e. The summed E-state index contributed by atoms with van der Waals surface area (Å²) in [6.45, 7) is 2.70. The standard InChI is InChI=1S/C20H24N4O2/c1-26-19-16(5-3-9-22-19)14-24-10-6-20(7-11-24)17(12-18(25)23-20)15-4-2-8-21-13-15/h2-5,8-9,13,17H,6-7,10-12,14H2,1H3,(H,23,25). The van der Waals surface area contributed by atoms with Crippen LogP contribution in [0.5, 0.6) is 5.88 Å². The lowest BCUT2D eigenvalue weighted by Gasteiger charge is -2.43. The fourth-order valence-corrected chi connectivity index (χ4v) is 4.37. The number of hydrogen-bond donors (Lipinski definition) is 1. The Hall–Kier alpha value is -2.47. The first kappa shape index (κ1) is 17.0. The zero-order valence-electron chi connectivity index (χ0n) is 15.0. The Morgan fingerprint density at radius 3 is 2.81 bits per heavy atom. The second-order valence-corrected chi connectivity index (χ2v) is 7.20. The monoisotopic (exact) mass is 352 g/mol. The maximum absolute atomic E-state index is 12.2. The molecule has 1 N–H and O–H groups in total. The highest BCUT2D eigenvalue weighted by Gasteiger charge is 2.48. The number of nitrogens with zero attached hydrogens (tertiary/aromatic N) is 3. The van der Waals surface area contributed by atoms with Crippen molar-refractivity contribution in [1.82, 2.24) is 20.2 Å². The van der Waals surface area contributed by atoms with Gasteiger partial charge in [0.1, 0.15) is 0 Å². The van der Waals surface area contributed by atoms with Gasteiger partial charge in [0.2, 0.25) is 11.8 Å². The van der Waals surface area contributed by atoms with Gasteiger partial charge < -0.3 is 10.1 Å². The predicted octanol–water partition coefficient (Wildman–Crippen LogP) is 2.12. The number of carbonyl (C=O) groups excluding carboxylic acids is 1. The molecule has 0 aliphatic carbocycles. The molecule has 0 bridgehead atoms. The lowest BCUT2D eigenvalue weighted by molar-refractivity contribution is -0.120. The third kappa shape index (κ3) is 3.17. The van der Waals surface area contributed by atoms with E-state index < -0.39 is 0 Å². The number of pyridine rings is 2. The average molecular weight is 352 g/mol. The number of amides is 1. The van der Waals surface area contributed by atoms with E-state index >= 15 is 0 Å². The molecule has 0 saturated carbocycles. The van der Waals surface area contributed by atoms with Crippen molar-refractivity contribution in [2.45, 2.75) is 37.3 Å². The summed E-state index contributed by atoms with van der Waals surface area (Å²) in [4.78, 5) is 23.1. The Morgan fingerprint density at radius 2 is 2.08 bits per heavy atom. The van der Waals surface area contributed by atoms with Gasteiger partial charge in [-0.15, -0.1) is 0 Å². The maximum atomic E-state index is 12.2. The van der Waals surface area contributed by atoms with E-state index in [1.165, 1.54) is 0 Å². The number of likely N-dealkylation sites (tertiary alicyclic amines) is 1. The molecule has 136 valence electrons. The lowest BCUT2D eigenvalue weighted by atomic mass is 9.74. The molecule has 26 heavy (non-hydrogen) atoms. The van der Waals surface area contributed by atoms with Crippen LogP contribution in [0.4, 0.5) is 0 Å². The van der Waals surface area contributed by atoms with E-state index in [4.69, 9.17) is 4.74 Å². The fourth-order valence-electron chi connectivity index (χ4n) is 4.37. The molecule has 6 nitrogen and oxygen atoms in total. The van der Waals surface area contributed by atoms with Crippen LogP contribution < -0.4 is 10.1 Å². The Morgan fingerprint density at radius 1 is 1.27 bits per heavy atom. The molecule has 4 rings (SSSR count). The minimum absolute atomic E-state index is 0.143. The Labute approximate surface area is 153 Å². The van der Waals surface area contributed by atoms with E-state index in [1.807, 2.05) is 18.3 Å². The predicted molar refractivity (Wildman–Crippen MR) is 97.8 cm³/mol. The van der Waals surface area contributed by atoms with E-state index in [0.717, 1.165) is 43.6 Å². The second kappa shape index (κ2) is 7.03. The quantitative estimate of drug-likeness (QED) is 0.913. The summed E-state index contributed by atoms with van der Waals surface area (Å²) < 4.78 is 5.37. The number of aromatic nitrogens is 2. The van der Waals surface area contributed by atoms with Crippen molar-refractivity contribution >= 4 is 5.91 Å². The van der Waals surface area contributed by atoms with Gasteiger partial charge in [-0.1, -0.05) is 12.1 Å². The van der Waals surface area contributed by atoms with E-state index in [-0.39, 0.29) is 17.4 Å². The zero-order valence-corrected chi connectivity index (χ0v) is 15.0. The molecule has 6 heteroatoms. The molecule has 1 spiro atoms. The number of piperidine rings is 1. The summed E-state index contributed by atoms with van der Waals surface area (Å²) in [5, 5.41) is 3.29. The van der Waals surface area contributed by atoms with E-state index in [0.29, 0.717) is 12.3 Å². The van der Waals surface area contributed by atoms with Crippen LogP contribution in [0, 0.1) is 0 Å². The topological polar surface area (TPSA) is 67.3 Å². The first-order chi connectivity index (χ1) is 12.7. The summed E-state index contributed by atoms with van der Waals surface area (Å²) in [5.74, 6) is 1.05. The van der Waals surface area contributed by atoms with Gasteiger partial charge >= 0.3 is 0 Å². The molecule has 2 fully saturated rings. The van der Waals surface area contributed by atoms with Crippen LogP contribution in [-0.2, 0) is 11.3 Å². The van der Waals surface area contributed by atoms with E-state index in [2.05, 4.69) is 32.3 Å². The van der Waals surface area contributed by atoms with E-state index in [1.54, 1.807) is 19.5 Å². The van der Waals surface area contributed by atoms with Crippen molar-refractivity contribution in [2.75, 3.05) is 20.2 Å². The summed E-state index contributed by atoms with van der Waals surface area (Å²) in [7, 11) is 1.66. The number of nitrogens with one attached hydrogen (secondary N) is 1. The normalized spacial score (nSPS) is 22.3. The van der Waals surface area contributed by atoms with Gasteiger partial charge in [-0.25, -0.2) is 4.98 Å². The number of rotatable bonds is 4. The lowest BCUT2D eigenvalue weighted by Crippen LogP contribution is -2.53. The SMILES string of the molecule is COc1ncccc1CN1CCC2(CC1)NC(=O)CC2c1cccnc1. The molecule has 2 saturated heterocycles. The highest BCUT2D eigenvalue weighted by molar-refractivity contribution is 5.81. The average Bonchev–Trinajstić information content (AvgIpc) is 3.01. The number of carbonyl (C=O) groups is 1. The first-order valence-corrected chi connectivity index (χ1v) is 9.11. The van der Waals surface area contributed by atoms with Crippen LogP contribution in [0.2, 0.25) is 0 Å². The maximum Gasteiger partial charge on any atom is 0.221 e. The summed E-state index contributed by atoms with van der Waals surface area (Å²) >= 11 is 0. The Bertz CT molecular complexity index is 772. The van der Waals surface area contributed by atoms with Crippen molar-refractivity contribution < 1.29 is 9.53 Å². The van der Waals surface area contributed by atoms with Gasteiger partial charge in [-0.2, -0.15) is 0 Å². The van der Waals surface area contributed by atoms with Crippen LogP contribution in [0.3, 0.4) is 0 Å². The van der Waals surface area contributed by atoms with Crippen molar-refractivity contribution in [3.8, 4) is 5.88 Å². The summed E-state index contributed by atoms with van der Waals surface area (Å²) in [6, 6.07) is 8.05. The van der Waals surface area contributed by atoms with E-state index in [9.17, 15) is 4.79 Å². The molecular formula is C20H24N4O2. The molecule has 1 atom stereocenters. The molecule has 1 unspecified atom stereocenters. The largest absolute Gasteiger partial charge is 0.481 e. The molecule has 0 aromatic carbocycles. The third-order valence-corrected chi connectivity index (χ3v) is 5.72. The smallest absolute Gasteiger partial charge is 0.221 e. The van der Waals surface area contributed by atoms with Crippen molar-refractivity contribution in [3.63, 3.8) is 0 Å². The first-order valence-electron chi connectivity index (χ1n) is 9.11. The molecule has 1 amide bonds. The molecule has 2 aliphatic heterocycles. The number of ether oxygens (including phenoxy) is 1. The molecule has 0 radical (unpaired) electrons. The van der Waals surface area contributed by atoms with Gasteiger partial charge in [-0.05, 0) is 30.5 Å². The van der Waals surface area contributed by atoms with Crippen LogP contribution >= 0.6 is 0 Å². The molecule has 4 heterocycles. The van der Waals surface area contributed by atoms with Crippen LogP contribution in [-0.4, -0.2) is 46.5 Å². The van der Waals surface area contributed by atoms with Gasteiger partial charge in [-0.3, -0.25) is 14.7 Å². The summed E-state index contributed by atoms with van der Waals surface area (Å²) in [6.07, 6.45) is 7.88. The van der Waals surface area contributed by atoms with Gasteiger partial charge in [0, 0.05) is 61.7 Å². The third-order valence-electron chi connectivity index (χ3n) is 5.72. The van der Waals surface area contributed by atoms with Crippen molar-refractivity contribution in [2.24, 2.45) is 0 Å². The molecule has 2 aromatic rings. The Kier molecular flexibility index (Phi) is 4.59. The highest BCUT2D eigenvalue weighted by Crippen LogP contribution is 2.43. The van der Waals surface area contributed by atoms with Crippen LogP contribution in [0.1, 0.15) is 36.3 Å². The van der Waals surface area contributed by atoms with Crippen molar-refractivity contribution in [3.05, 3.63) is 54.0 Å². The zero-order chi connectivity index (χ0) is 18.0. The number of hydrogen-bond acceptors (Lipinski definition) is 5. The van der Waals surface area contributed by atoms with Crippen LogP contribution in [0.25, 0.3) is 0 Å². The number of methoxy groups -OCH3 is 1. The molecule has 2 aromatic heterocycles. The van der Waals surface area contributed by atoms with Gasteiger partial charge in [0.25, 0.3) is 0 Å². The molecule has 2 aliphatic rings. The van der Waals surface area contributed by atoms with Gasteiger partial charge in [0.15, 0.2) is 0 Å². The Balaban J connectivity index is 1.47.